The predicted octanol–water partition coefficient (Wildman–Crippen LogP) is 2.91. The Morgan fingerprint density at radius 3 is 2.76 bits per heavy atom. The maximum Gasteiger partial charge on any atom is 0.407 e. The van der Waals surface area contributed by atoms with Gasteiger partial charge in [0.05, 0.1) is 12.5 Å². The minimum absolute atomic E-state index is 0.253. The van der Waals surface area contributed by atoms with Gasteiger partial charge >= 0.3 is 6.09 Å². The van der Waals surface area contributed by atoms with Crippen LogP contribution in [-0.4, -0.2) is 41.0 Å². The summed E-state index contributed by atoms with van der Waals surface area (Å²) in [5, 5.41) is 11.7. The number of carbonyl (C=O) groups is 2. The summed E-state index contributed by atoms with van der Waals surface area (Å²) >= 11 is 5.77. The Hall–Kier alpha value is -1.89. The molecule has 1 aliphatic rings. The number of piperidine rings is 1. The largest absolute Gasteiger partial charge is 0.465 e. The molecule has 8 heteroatoms. The van der Waals surface area contributed by atoms with E-state index in [4.69, 9.17) is 16.7 Å². The fourth-order valence-electron chi connectivity index (χ4n) is 2.23. The molecule has 1 atom stereocenters. The van der Waals surface area contributed by atoms with Crippen LogP contribution in [0.5, 0.6) is 0 Å². The summed E-state index contributed by atoms with van der Waals surface area (Å²) in [6.07, 6.45) is -2.14. The van der Waals surface area contributed by atoms with Crippen molar-refractivity contribution in [3.8, 4) is 0 Å². The average molecular weight is 319 g/mol. The van der Waals surface area contributed by atoms with Crippen LogP contribution in [0.15, 0.2) is 24.3 Å². The number of nitrogens with one attached hydrogen (secondary N) is 1. The maximum atomic E-state index is 13.5. The van der Waals surface area contributed by atoms with Gasteiger partial charge in [-0.25, -0.2) is 13.6 Å². The molecule has 1 saturated heterocycles. The van der Waals surface area contributed by atoms with Crippen LogP contribution in [0.25, 0.3) is 0 Å². The molecule has 114 valence electrons. The van der Waals surface area contributed by atoms with E-state index in [0.29, 0.717) is 15.6 Å². The first kappa shape index (κ1) is 15.5. The maximum absolute atomic E-state index is 13.5. The highest BCUT2D eigenvalue weighted by atomic mass is 35.5. The molecule has 0 aliphatic carbocycles. The van der Waals surface area contributed by atoms with Gasteiger partial charge in [0.15, 0.2) is 0 Å². The SMILES string of the molecule is O=C(Nc1cccc(Cl)c1)C1CN(C(=O)O)CC(F)(F)C1. The van der Waals surface area contributed by atoms with E-state index in [1.165, 1.54) is 6.07 Å². The lowest BCUT2D eigenvalue weighted by molar-refractivity contribution is -0.130. The summed E-state index contributed by atoms with van der Waals surface area (Å²) in [6, 6.07) is 6.27. The highest BCUT2D eigenvalue weighted by Gasteiger charge is 2.44. The minimum atomic E-state index is -3.22. The minimum Gasteiger partial charge on any atom is -0.465 e. The van der Waals surface area contributed by atoms with Crippen LogP contribution in [0.3, 0.4) is 0 Å². The van der Waals surface area contributed by atoms with Crippen LogP contribution < -0.4 is 5.32 Å². The number of amides is 2. The summed E-state index contributed by atoms with van der Waals surface area (Å²) in [5.41, 5.74) is 0.378. The number of likely N-dealkylation sites (tertiary alicyclic amines) is 1. The molecule has 1 aromatic carbocycles. The Morgan fingerprint density at radius 1 is 1.43 bits per heavy atom. The van der Waals surface area contributed by atoms with Crippen molar-refractivity contribution in [2.45, 2.75) is 12.3 Å². The van der Waals surface area contributed by atoms with Gasteiger partial charge in [-0.2, -0.15) is 0 Å². The molecule has 0 bridgehead atoms. The van der Waals surface area contributed by atoms with Gasteiger partial charge in [0.2, 0.25) is 5.91 Å². The van der Waals surface area contributed by atoms with Crippen molar-refractivity contribution < 1.29 is 23.5 Å². The number of rotatable bonds is 2. The number of halogens is 3. The molecule has 0 radical (unpaired) electrons. The molecule has 0 spiro atoms. The Balaban J connectivity index is 2.09. The lowest BCUT2D eigenvalue weighted by Gasteiger charge is -2.35. The molecule has 1 unspecified atom stereocenters. The van der Waals surface area contributed by atoms with Crippen LogP contribution in [0.2, 0.25) is 5.02 Å². The molecular weight excluding hydrogens is 306 g/mol. The topological polar surface area (TPSA) is 69.6 Å². The molecule has 1 aliphatic heterocycles. The van der Waals surface area contributed by atoms with Gasteiger partial charge in [0.25, 0.3) is 5.92 Å². The Bertz CT molecular complexity index is 568. The Morgan fingerprint density at radius 2 is 2.14 bits per heavy atom. The Kier molecular flexibility index (Phi) is 4.32. The second kappa shape index (κ2) is 5.85. The number of hydrogen-bond acceptors (Lipinski definition) is 2. The molecule has 1 aromatic rings. The zero-order chi connectivity index (χ0) is 15.6. The van der Waals surface area contributed by atoms with Gasteiger partial charge in [-0.1, -0.05) is 17.7 Å². The van der Waals surface area contributed by atoms with Crippen molar-refractivity contribution in [1.82, 2.24) is 4.90 Å². The first-order valence-electron chi connectivity index (χ1n) is 6.19. The zero-order valence-electron chi connectivity index (χ0n) is 10.9. The highest BCUT2D eigenvalue weighted by molar-refractivity contribution is 6.30. The van der Waals surface area contributed by atoms with Crippen LogP contribution in [0.1, 0.15) is 6.42 Å². The second-order valence-corrected chi connectivity index (χ2v) is 5.36. The second-order valence-electron chi connectivity index (χ2n) is 4.92. The standard InChI is InChI=1S/C13H13ClF2N2O3/c14-9-2-1-3-10(4-9)17-11(19)8-5-13(15,16)7-18(6-8)12(20)21/h1-4,8H,5-7H2,(H,17,19)(H,20,21). The highest BCUT2D eigenvalue weighted by Crippen LogP contribution is 2.31. The van der Waals surface area contributed by atoms with E-state index in [2.05, 4.69) is 5.32 Å². The van der Waals surface area contributed by atoms with Crippen molar-refractivity contribution in [1.29, 1.82) is 0 Å². The zero-order valence-corrected chi connectivity index (χ0v) is 11.6. The molecule has 1 heterocycles. The van der Waals surface area contributed by atoms with Crippen molar-refractivity contribution in [3.05, 3.63) is 29.3 Å². The summed E-state index contributed by atoms with van der Waals surface area (Å²) in [7, 11) is 0. The number of nitrogens with zero attached hydrogens (tertiary/aromatic N) is 1. The number of hydrogen-bond donors (Lipinski definition) is 2. The molecule has 2 amide bonds. The molecule has 0 saturated carbocycles. The number of benzene rings is 1. The number of carbonyl (C=O) groups excluding carboxylic acids is 1. The van der Waals surface area contributed by atoms with Gasteiger partial charge < -0.3 is 15.3 Å². The quantitative estimate of drug-likeness (QED) is 0.881. The summed E-state index contributed by atoms with van der Waals surface area (Å²) in [4.78, 5) is 23.4. The average Bonchev–Trinajstić information content (AvgIpc) is 2.36. The van der Waals surface area contributed by atoms with E-state index < -0.39 is 36.8 Å². The van der Waals surface area contributed by atoms with E-state index in [-0.39, 0.29) is 6.54 Å². The van der Waals surface area contributed by atoms with Gasteiger partial charge in [0, 0.05) is 23.7 Å². The normalized spacial score (nSPS) is 20.9. The van der Waals surface area contributed by atoms with Crippen molar-refractivity contribution >= 4 is 29.3 Å². The van der Waals surface area contributed by atoms with Gasteiger partial charge in [-0.3, -0.25) is 4.79 Å². The van der Waals surface area contributed by atoms with Gasteiger partial charge in [0.1, 0.15) is 0 Å². The van der Waals surface area contributed by atoms with E-state index in [1.807, 2.05) is 0 Å². The van der Waals surface area contributed by atoms with Crippen LogP contribution >= 0.6 is 11.6 Å². The van der Waals surface area contributed by atoms with E-state index in [9.17, 15) is 18.4 Å². The number of anilines is 1. The van der Waals surface area contributed by atoms with Gasteiger partial charge in [-0.15, -0.1) is 0 Å². The van der Waals surface area contributed by atoms with E-state index >= 15 is 0 Å². The van der Waals surface area contributed by atoms with Crippen molar-refractivity contribution in [3.63, 3.8) is 0 Å². The summed E-state index contributed by atoms with van der Waals surface area (Å²) in [6.45, 7) is -1.14. The van der Waals surface area contributed by atoms with E-state index in [1.54, 1.807) is 18.2 Å². The molecule has 5 nitrogen and oxygen atoms in total. The molecular formula is C13H13ClF2N2O3. The lowest BCUT2D eigenvalue weighted by Crippen LogP contribution is -2.51. The first-order chi connectivity index (χ1) is 9.77. The molecule has 2 rings (SSSR count). The third-order valence-electron chi connectivity index (χ3n) is 3.14. The van der Waals surface area contributed by atoms with Crippen LogP contribution in [0, 0.1) is 5.92 Å². The smallest absolute Gasteiger partial charge is 0.407 e. The van der Waals surface area contributed by atoms with Crippen LogP contribution in [-0.2, 0) is 4.79 Å². The fraction of sp³-hybridized carbons (Fsp3) is 0.385. The third-order valence-corrected chi connectivity index (χ3v) is 3.38. The van der Waals surface area contributed by atoms with Crippen LogP contribution in [0.4, 0.5) is 19.3 Å². The lowest BCUT2D eigenvalue weighted by atomic mass is 9.94. The monoisotopic (exact) mass is 318 g/mol. The van der Waals surface area contributed by atoms with Crippen molar-refractivity contribution in [2.24, 2.45) is 5.92 Å². The molecule has 0 aromatic heterocycles. The number of alkyl halides is 2. The first-order valence-corrected chi connectivity index (χ1v) is 6.57. The Labute approximate surface area is 124 Å². The number of carboxylic acid groups (broad SMARTS) is 1. The van der Waals surface area contributed by atoms with Gasteiger partial charge in [-0.05, 0) is 18.2 Å². The molecule has 2 N–H and O–H groups in total. The molecule has 21 heavy (non-hydrogen) atoms. The summed E-state index contributed by atoms with van der Waals surface area (Å²) < 4.78 is 27.0. The van der Waals surface area contributed by atoms with Crippen molar-refractivity contribution in [2.75, 3.05) is 18.4 Å². The summed E-state index contributed by atoms with van der Waals surface area (Å²) in [5.74, 6) is -4.97. The predicted molar refractivity (Wildman–Crippen MR) is 72.7 cm³/mol. The molecule has 1 fully saturated rings. The van der Waals surface area contributed by atoms with E-state index in [0.717, 1.165) is 0 Å². The third kappa shape index (κ3) is 4.04. The fourth-order valence-corrected chi connectivity index (χ4v) is 2.42.